The van der Waals surface area contributed by atoms with Gasteiger partial charge in [0, 0.05) is 18.7 Å². The van der Waals surface area contributed by atoms with Crippen LogP contribution in [0.1, 0.15) is 0 Å². The second-order valence-corrected chi connectivity index (χ2v) is 6.79. The Morgan fingerprint density at radius 3 is 2.92 bits per heavy atom. The van der Waals surface area contributed by atoms with Crippen LogP contribution >= 0.6 is 22.9 Å². The van der Waals surface area contributed by atoms with Crippen LogP contribution in [0.4, 0.5) is 11.1 Å². The second-order valence-electron chi connectivity index (χ2n) is 5.32. The molecule has 0 atom stereocenters. The van der Waals surface area contributed by atoms with Crippen LogP contribution in [0, 0.1) is 0 Å². The Morgan fingerprint density at radius 1 is 1.17 bits per heavy atom. The van der Waals surface area contributed by atoms with Crippen molar-refractivity contribution in [2.45, 2.75) is 6.54 Å². The topological polar surface area (TPSA) is 52.0 Å². The van der Waals surface area contributed by atoms with Gasteiger partial charge >= 0.3 is 0 Å². The van der Waals surface area contributed by atoms with Gasteiger partial charge in [0.25, 0.3) is 0 Å². The van der Waals surface area contributed by atoms with Gasteiger partial charge in [-0.25, -0.2) is 9.97 Å². The van der Waals surface area contributed by atoms with E-state index in [1.54, 1.807) is 18.4 Å². The van der Waals surface area contributed by atoms with Crippen molar-refractivity contribution < 1.29 is 4.74 Å². The first kappa shape index (κ1) is 15.4. The lowest BCUT2D eigenvalue weighted by Crippen LogP contribution is -2.07. The van der Waals surface area contributed by atoms with E-state index < -0.39 is 0 Å². The van der Waals surface area contributed by atoms with Crippen LogP contribution in [0.25, 0.3) is 21.3 Å². The molecule has 2 aromatic carbocycles. The Labute approximate surface area is 147 Å². The first-order valence-electron chi connectivity index (χ1n) is 7.52. The highest BCUT2D eigenvalue weighted by Gasteiger charge is 2.12. The Kier molecular flexibility index (Phi) is 4.10. The first-order chi connectivity index (χ1) is 11.7. The van der Waals surface area contributed by atoms with Crippen LogP contribution in [0.5, 0.6) is 0 Å². The summed E-state index contributed by atoms with van der Waals surface area (Å²) in [5, 5.41) is 4.85. The fraction of sp³-hybridized carbons (Fsp3) is 0.176. The fourth-order valence-electron chi connectivity index (χ4n) is 2.63. The Bertz CT molecular complexity index is 1010. The molecule has 0 aliphatic rings. The number of aromatic nitrogens is 3. The number of rotatable bonds is 5. The lowest BCUT2D eigenvalue weighted by Gasteiger charge is -2.08. The normalized spacial score (nSPS) is 11.4. The molecule has 0 aliphatic heterocycles. The number of para-hydroxylation sites is 2. The number of ether oxygens (including phenoxy) is 1. The van der Waals surface area contributed by atoms with Gasteiger partial charge in [-0.3, -0.25) is 0 Å². The first-order valence-corrected chi connectivity index (χ1v) is 8.71. The average molecular weight is 359 g/mol. The molecular formula is C17H15ClN4OS. The maximum atomic E-state index is 6.05. The predicted molar refractivity (Wildman–Crippen MR) is 99.5 cm³/mol. The van der Waals surface area contributed by atoms with Crippen LogP contribution < -0.4 is 5.32 Å². The standard InChI is InChI=1S/C17H15ClN4OS/c1-23-9-8-22-14-5-3-2-4-12(14)19-16(22)21-17-20-13-7-6-11(18)10-15(13)24-17/h2-7,10H,8-9H2,1H3,(H,19,20,21). The van der Waals surface area contributed by atoms with E-state index in [0.717, 1.165) is 38.9 Å². The molecule has 0 unspecified atom stereocenters. The highest BCUT2D eigenvalue weighted by Crippen LogP contribution is 2.31. The molecule has 0 fully saturated rings. The zero-order chi connectivity index (χ0) is 16.5. The van der Waals surface area contributed by atoms with E-state index in [0.29, 0.717) is 11.6 Å². The molecule has 0 amide bonds. The molecule has 122 valence electrons. The molecule has 0 aliphatic carbocycles. The summed E-state index contributed by atoms with van der Waals surface area (Å²) in [6.45, 7) is 1.33. The van der Waals surface area contributed by atoms with Gasteiger partial charge in [0.05, 0.1) is 27.9 Å². The highest BCUT2D eigenvalue weighted by atomic mass is 35.5. The van der Waals surface area contributed by atoms with Gasteiger partial charge in [-0.2, -0.15) is 0 Å². The molecule has 0 spiro atoms. The molecule has 24 heavy (non-hydrogen) atoms. The summed E-state index contributed by atoms with van der Waals surface area (Å²) in [5.74, 6) is 0.762. The average Bonchev–Trinajstić information content (AvgIpc) is 3.13. The smallest absolute Gasteiger partial charge is 0.210 e. The zero-order valence-electron chi connectivity index (χ0n) is 13.0. The number of thiazole rings is 1. The molecule has 0 saturated heterocycles. The lowest BCUT2D eigenvalue weighted by molar-refractivity contribution is 0.189. The molecule has 7 heteroatoms. The summed E-state index contributed by atoms with van der Waals surface area (Å²) in [5.41, 5.74) is 2.94. The minimum absolute atomic E-state index is 0.616. The summed E-state index contributed by atoms with van der Waals surface area (Å²) in [6, 6.07) is 13.8. The molecule has 0 saturated carbocycles. The third kappa shape index (κ3) is 2.84. The number of imidazole rings is 1. The van der Waals surface area contributed by atoms with Gasteiger partial charge < -0.3 is 14.6 Å². The van der Waals surface area contributed by atoms with Crippen LogP contribution in [-0.2, 0) is 11.3 Å². The van der Waals surface area contributed by atoms with E-state index in [9.17, 15) is 0 Å². The number of methoxy groups -OCH3 is 1. The van der Waals surface area contributed by atoms with Gasteiger partial charge in [0.15, 0.2) is 5.13 Å². The van der Waals surface area contributed by atoms with E-state index >= 15 is 0 Å². The monoisotopic (exact) mass is 358 g/mol. The summed E-state index contributed by atoms with van der Waals surface area (Å²) in [6.07, 6.45) is 0. The Balaban J connectivity index is 1.74. The molecule has 5 nitrogen and oxygen atoms in total. The molecule has 4 aromatic rings. The summed E-state index contributed by atoms with van der Waals surface area (Å²) in [7, 11) is 1.70. The largest absolute Gasteiger partial charge is 0.383 e. The fourth-order valence-corrected chi connectivity index (χ4v) is 3.76. The molecule has 1 N–H and O–H groups in total. The van der Waals surface area contributed by atoms with Gasteiger partial charge in [-0.1, -0.05) is 35.1 Å². The van der Waals surface area contributed by atoms with E-state index in [1.165, 1.54) is 0 Å². The number of hydrogen-bond donors (Lipinski definition) is 1. The number of halogens is 1. The lowest BCUT2D eigenvalue weighted by atomic mass is 10.3. The van der Waals surface area contributed by atoms with Crippen molar-refractivity contribution in [2.75, 3.05) is 19.0 Å². The highest BCUT2D eigenvalue weighted by molar-refractivity contribution is 7.22. The predicted octanol–water partition coefficient (Wildman–Crippen LogP) is 4.69. The molecule has 0 radical (unpaired) electrons. The quantitative estimate of drug-likeness (QED) is 0.562. The molecular weight excluding hydrogens is 344 g/mol. The number of hydrogen-bond acceptors (Lipinski definition) is 5. The number of nitrogens with zero attached hydrogens (tertiary/aromatic N) is 3. The molecule has 2 heterocycles. The second kappa shape index (κ2) is 6.39. The Hall–Kier alpha value is -2.15. The number of fused-ring (bicyclic) bond motifs is 2. The van der Waals surface area contributed by atoms with Crippen LogP contribution in [-0.4, -0.2) is 28.3 Å². The number of benzene rings is 2. The van der Waals surface area contributed by atoms with Gasteiger partial charge in [0.1, 0.15) is 0 Å². The Morgan fingerprint density at radius 2 is 2.04 bits per heavy atom. The van der Waals surface area contributed by atoms with E-state index in [1.807, 2.05) is 36.4 Å². The third-order valence-corrected chi connectivity index (χ3v) is 4.91. The summed E-state index contributed by atoms with van der Waals surface area (Å²) >= 11 is 7.61. The van der Waals surface area contributed by atoms with E-state index in [4.69, 9.17) is 16.3 Å². The van der Waals surface area contributed by atoms with Gasteiger partial charge in [-0.15, -0.1) is 0 Å². The van der Waals surface area contributed by atoms with Crippen molar-refractivity contribution in [3.8, 4) is 0 Å². The maximum absolute atomic E-state index is 6.05. The van der Waals surface area contributed by atoms with Gasteiger partial charge in [0.2, 0.25) is 5.95 Å². The zero-order valence-corrected chi connectivity index (χ0v) is 14.6. The van der Waals surface area contributed by atoms with Crippen molar-refractivity contribution in [3.05, 3.63) is 47.5 Å². The number of nitrogens with one attached hydrogen (secondary N) is 1. The van der Waals surface area contributed by atoms with Crippen LogP contribution in [0.3, 0.4) is 0 Å². The van der Waals surface area contributed by atoms with Crippen LogP contribution in [0.15, 0.2) is 42.5 Å². The van der Waals surface area contributed by atoms with E-state index in [-0.39, 0.29) is 0 Å². The SMILES string of the molecule is COCCn1c(Nc2nc3ccc(Cl)cc3s2)nc2ccccc21. The minimum atomic E-state index is 0.616. The minimum Gasteiger partial charge on any atom is -0.383 e. The van der Waals surface area contributed by atoms with Crippen molar-refractivity contribution >= 4 is 55.3 Å². The number of anilines is 2. The summed E-state index contributed by atoms with van der Waals surface area (Å²) < 4.78 is 8.38. The van der Waals surface area contributed by atoms with Crippen molar-refractivity contribution in [1.82, 2.24) is 14.5 Å². The molecule has 2 aromatic heterocycles. The molecule has 0 bridgehead atoms. The van der Waals surface area contributed by atoms with Crippen LogP contribution in [0.2, 0.25) is 5.02 Å². The third-order valence-electron chi connectivity index (χ3n) is 3.74. The maximum Gasteiger partial charge on any atom is 0.210 e. The van der Waals surface area contributed by atoms with Crippen molar-refractivity contribution in [2.24, 2.45) is 0 Å². The molecule has 4 rings (SSSR count). The summed E-state index contributed by atoms with van der Waals surface area (Å²) in [4.78, 5) is 9.29. The van der Waals surface area contributed by atoms with E-state index in [2.05, 4.69) is 25.9 Å². The van der Waals surface area contributed by atoms with Crippen molar-refractivity contribution in [3.63, 3.8) is 0 Å². The van der Waals surface area contributed by atoms with Crippen molar-refractivity contribution in [1.29, 1.82) is 0 Å². The van der Waals surface area contributed by atoms with Gasteiger partial charge in [-0.05, 0) is 30.3 Å².